The molecule has 0 unspecified atom stereocenters. The molecule has 1 aliphatic heterocycles. The Labute approximate surface area is 212 Å². The third-order valence-electron chi connectivity index (χ3n) is 6.92. The van der Waals surface area contributed by atoms with Crippen molar-refractivity contribution < 1.29 is 14.3 Å². The average molecular weight is 497 g/mol. The molecule has 0 bridgehead atoms. The number of aromatic amines is 1. The van der Waals surface area contributed by atoms with Crippen molar-refractivity contribution in [3.63, 3.8) is 0 Å². The van der Waals surface area contributed by atoms with E-state index in [-0.39, 0.29) is 29.2 Å². The Morgan fingerprint density at radius 1 is 1.08 bits per heavy atom. The molecule has 1 atom stereocenters. The molecule has 2 aromatic carbocycles. The predicted octanol–water partition coefficient (Wildman–Crippen LogP) is 2.25. The van der Waals surface area contributed by atoms with Gasteiger partial charge in [0.15, 0.2) is 0 Å². The molecule has 0 fully saturated rings. The first-order chi connectivity index (χ1) is 18.1. The van der Waals surface area contributed by atoms with Gasteiger partial charge in [-0.3, -0.25) is 9.59 Å². The van der Waals surface area contributed by atoms with E-state index in [1.165, 1.54) is 18.0 Å². The standard InChI is InChI=1S/C26H24N8O3/c1-14-17-5-6-20(19(17)4-3-18(14)24-31-33-34-32-24)30-26(36)22-11-21(28-13-29-22)25(35)27-12-15-2-7-23-16(10-15)8-9-37-23/h2-4,7,10-11,13,20H,5-6,8-9,12H2,1H3,(H,27,35)(H,30,36)(H,31,32,33,34)/t20-/m0/s1. The van der Waals surface area contributed by atoms with E-state index >= 15 is 0 Å². The van der Waals surface area contributed by atoms with Gasteiger partial charge in [0.25, 0.3) is 11.8 Å². The van der Waals surface area contributed by atoms with E-state index < -0.39 is 0 Å². The molecule has 186 valence electrons. The minimum Gasteiger partial charge on any atom is -0.493 e. The van der Waals surface area contributed by atoms with Gasteiger partial charge in [0, 0.05) is 24.6 Å². The van der Waals surface area contributed by atoms with Crippen LogP contribution in [0.3, 0.4) is 0 Å². The molecule has 0 saturated heterocycles. The monoisotopic (exact) mass is 496 g/mol. The summed E-state index contributed by atoms with van der Waals surface area (Å²) >= 11 is 0. The van der Waals surface area contributed by atoms with Crippen LogP contribution in [0.1, 0.15) is 61.3 Å². The van der Waals surface area contributed by atoms with Gasteiger partial charge in [-0.1, -0.05) is 24.3 Å². The molecule has 0 saturated carbocycles. The molecule has 0 spiro atoms. The van der Waals surface area contributed by atoms with Crippen molar-refractivity contribution in [2.24, 2.45) is 0 Å². The van der Waals surface area contributed by atoms with Crippen LogP contribution in [0.2, 0.25) is 0 Å². The number of ether oxygens (including phenoxy) is 1. The maximum Gasteiger partial charge on any atom is 0.270 e. The third kappa shape index (κ3) is 4.39. The summed E-state index contributed by atoms with van der Waals surface area (Å²) in [5, 5.41) is 20.2. The number of benzene rings is 2. The highest BCUT2D eigenvalue weighted by Gasteiger charge is 2.28. The molecular formula is C26H24N8O3. The largest absolute Gasteiger partial charge is 0.493 e. The van der Waals surface area contributed by atoms with Crippen molar-refractivity contribution in [1.82, 2.24) is 41.2 Å². The molecule has 3 heterocycles. The van der Waals surface area contributed by atoms with Crippen molar-refractivity contribution in [2.45, 2.75) is 38.8 Å². The molecule has 11 nitrogen and oxygen atoms in total. The number of aromatic nitrogens is 6. The van der Waals surface area contributed by atoms with Gasteiger partial charge in [0.05, 0.1) is 12.6 Å². The Balaban J connectivity index is 1.12. The molecule has 37 heavy (non-hydrogen) atoms. The summed E-state index contributed by atoms with van der Waals surface area (Å²) < 4.78 is 5.53. The van der Waals surface area contributed by atoms with Gasteiger partial charge in [-0.15, -0.1) is 10.2 Å². The Hall–Kier alpha value is -4.67. The third-order valence-corrected chi connectivity index (χ3v) is 6.92. The number of H-pyrrole nitrogens is 1. The highest BCUT2D eigenvalue weighted by Crippen LogP contribution is 2.37. The Kier molecular flexibility index (Phi) is 5.79. The Morgan fingerprint density at radius 3 is 2.78 bits per heavy atom. The van der Waals surface area contributed by atoms with Gasteiger partial charge in [-0.05, 0) is 58.9 Å². The summed E-state index contributed by atoms with van der Waals surface area (Å²) in [6.45, 7) is 3.06. The second-order valence-electron chi connectivity index (χ2n) is 9.12. The summed E-state index contributed by atoms with van der Waals surface area (Å²) in [7, 11) is 0. The van der Waals surface area contributed by atoms with E-state index in [1.54, 1.807) is 0 Å². The van der Waals surface area contributed by atoms with Crippen molar-refractivity contribution in [3.05, 3.63) is 81.9 Å². The highest BCUT2D eigenvalue weighted by atomic mass is 16.5. The van der Waals surface area contributed by atoms with Crippen molar-refractivity contribution in [3.8, 4) is 17.1 Å². The number of hydrogen-bond acceptors (Lipinski definition) is 8. The van der Waals surface area contributed by atoms with Crippen LogP contribution >= 0.6 is 0 Å². The number of carbonyl (C=O) groups is 2. The van der Waals surface area contributed by atoms with Crippen LogP contribution in [0.5, 0.6) is 5.75 Å². The van der Waals surface area contributed by atoms with E-state index in [9.17, 15) is 9.59 Å². The minimum atomic E-state index is -0.371. The van der Waals surface area contributed by atoms with E-state index in [0.29, 0.717) is 19.0 Å². The van der Waals surface area contributed by atoms with Gasteiger partial charge < -0.3 is 15.4 Å². The number of nitrogens with one attached hydrogen (secondary N) is 3. The first-order valence-corrected chi connectivity index (χ1v) is 12.1. The number of fused-ring (bicyclic) bond motifs is 2. The number of carbonyl (C=O) groups excluding carboxylic acids is 2. The van der Waals surface area contributed by atoms with Gasteiger partial charge in [0.2, 0.25) is 5.82 Å². The fourth-order valence-electron chi connectivity index (χ4n) is 5.01. The zero-order valence-corrected chi connectivity index (χ0v) is 20.1. The lowest BCUT2D eigenvalue weighted by molar-refractivity contribution is 0.0931. The van der Waals surface area contributed by atoms with Crippen molar-refractivity contribution >= 4 is 11.8 Å². The smallest absolute Gasteiger partial charge is 0.270 e. The number of tetrazole rings is 1. The molecular weight excluding hydrogens is 472 g/mol. The second-order valence-corrected chi connectivity index (χ2v) is 9.12. The topological polar surface area (TPSA) is 148 Å². The zero-order chi connectivity index (χ0) is 25.4. The van der Waals surface area contributed by atoms with Crippen LogP contribution < -0.4 is 15.4 Å². The predicted molar refractivity (Wildman–Crippen MR) is 132 cm³/mol. The number of hydrogen-bond donors (Lipinski definition) is 3. The first kappa shape index (κ1) is 22.8. The molecule has 1 aliphatic carbocycles. The van der Waals surface area contributed by atoms with Gasteiger partial charge in [-0.2, -0.15) is 5.21 Å². The molecule has 2 aliphatic rings. The molecule has 11 heteroatoms. The normalized spacial score (nSPS) is 15.5. The zero-order valence-electron chi connectivity index (χ0n) is 20.1. The lowest BCUT2D eigenvalue weighted by atomic mass is 9.97. The molecule has 2 amide bonds. The van der Waals surface area contributed by atoms with Crippen LogP contribution in [0.4, 0.5) is 0 Å². The Bertz CT molecular complexity index is 1500. The fourth-order valence-corrected chi connectivity index (χ4v) is 5.01. The maximum atomic E-state index is 13.0. The number of amides is 2. The summed E-state index contributed by atoms with van der Waals surface area (Å²) in [5.74, 6) is 0.718. The molecule has 3 N–H and O–H groups in total. The summed E-state index contributed by atoms with van der Waals surface area (Å²) in [4.78, 5) is 33.9. The van der Waals surface area contributed by atoms with E-state index in [4.69, 9.17) is 4.74 Å². The highest BCUT2D eigenvalue weighted by molar-refractivity contribution is 5.97. The van der Waals surface area contributed by atoms with E-state index in [0.717, 1.165) is 52.8 Å². The summed E-state index contributed by atoms with van der Waals surface area (Å²) in [6.07, 6.45) is 3.69. The van der Waals surface area contributed by atoms with Crippen LogP contribution in [0, 0.1) is 6.92 Å². The van der Waals surface area contributed by atoms with E-state index in [1.807, 2.05) is 37.3 Å². The van der Waals surface area contributed by atoms with Gasteiger partial charge >= 0.3 is 0 Å². The number of nitrogens with zero attached hydrogens (tertiary/aromatic N) is 5. The van der Waals surface area contributed by atoms with Crippen LogP contribution in [-0.2, 0) is 19.4 Å². The maximum absolute atomic E-state index is 13.0. The Morgan fingerprint density at radius 2 is 1.95 bits per heavy atom. The second kappa shape index (κ2) is 9.41. The SMILES string of the molecule is Cc1c(-c2nn[nH]n2)ccc2c1CC[C@@H]2NC(=O)c1cc(C(=O)NCc2ccc3c(c2)CCO3)ncn1. The lowest BCUT2D eigenvalue weighted by Gasteiger charge is -2.15. The summed E-state index contributed by atoms with van der Waals surface area (Å²) in [6, 6.07) is 11.1. The van der Waals surface area contributed by atoms with Crippen molar-refractivity contribution in [1.29, 1.82) is 0 Å². The lowest BCUT2D eigenvalue weighted by Crippen LogP contribution is -2.29. The minimum absolute atomic E-state index is 0.136. The number of rotatable bonds is 6. The van der Waals surface area contributed by atoms with Gasteiger partial charge in [-0.25, -0.2) is 9.97 Å². The average Bonchev–Trinajstić information content (AvgIpc) is 3.69. The van der Waals surface area contributed by atoms with Gasteiger partial charge in [0.1, 0.15) is 23.5 Å². The fraction of sp³-hybridized carbons (Fsp3) is 0.269. The molecule has 2 aromatic heterocycles. The first-order valence-electron chi connectivity index (χ1n) is 12.1. The van der Waals surface area contributed by atoms with Crippen LogP contribution in [0.25, 0.3) is 11.4 Å². The van der Waals surface area contributed by atoms with Crippen LogP contribution in [-0.4, -0.2) is 49.0 Å². The molecule has 0 radical (unpaired) electrons. The van der Waals surface area contributed by atoms with Crippen LogP contribution in [0.15, 0.2) is 42.7 Å². The molecule has 6 rings (SSSR count). The molecule has 4 aromatic rings. The quantitative estimate of drug-likeness (QED) is 0.368. The summed E-state index contributed by atoms with van der Waals surface area (Å²) in [5.41, 5.74) is 6.62. The van der Waals surface area contributed by atoms with E-state index in [2.05, 4.69) is 41.2 Å². The van der Waals surface area contributed by atoms with Crippen molar-refractivity contribution in [2.75, 3.05) is 6.61 Å².